The molecule has 1 aromatic rings. The second-order valence-electron chi connectivity index (χ2n) is 5.64. The smallest absolute Gasteiger partial charge is 0.0307 e. The third-order valence-electron chi connectivity index (χ3n) is 3.84. The number of nitrogens with one attached hydrogen (secondary N) is 1. The summed E-state index contributed by atoms with van der Waals surface area (Å²) in [6.45, 7) is 6.70. The van der Waals surface area contributed by atoms with Crippen molar-refractivity contribution in [1.29, 1.82) is 0 Å². The second-order valence-corrected chi connectivity index (χ2v) is 6.74. The molecule has 2 atom stereocenters. The molecule has 0 spiro atoms. The van der Waals surface area contributed by atoms with Gasteiger partial charge in [0.2, 0.25) is 0 Å². The summed E-state index contributed by atoms with van der Waals surface area (Å²) in [5, 5.41) is 0. The molecule has 0 fully saturated rings. The molecular formula is C17H30N2S. The summed E-state index contributed by atoms with van der Waals surface area (Å²) >= 11 is 1.90. The molecule has 2 unspecified atom stereocenters. The number of unbranched alkanes of at least 4 members (excludes halogenated alkanes) is 1. The molecule has 0 aliphatic heterocycles. The molecule has 0 aromatic heterocycles. The van der Waals surface area contributed by atoms with Crippen LogP contribution in [0.3, 0.4) is 0 Å². The van der Waals surface area contributed by atoms with Gasteiger partial charge in [-0.05, 0) is 31.4 Å². The van der Waals surface area contributed by atoms with Crippen molar-refractivity contribution in [1.82, 2.24) is 5.43 Å². The van der Waals surface area contributed by atoms with Crippen LogP contribution in [0.4, 0.5) is 0 Å². The van der Waals surface area contributed by atoms with Crippen LogP contribution in [0, 0.1) is 12.8 Å². The minimum atomic E-state index is 0.405. The number of nitrogens with two attached hydrogens (primary N) is 1. The van der Waals surface area contributed by atoms with E-state index in [9.17, 15) is 0 Å². The van der Waals surface area contributed by atoms with Crippen LogP contribution >= 0.6 is 11.8 Å². The standard InChI is InChI=1S/C17H30N2S/c1-4-6-9-15(5-2)12-16(19-18)13-20-17-10-7-8-14(3)11-17/h7-8,10-11,15-16,19H,4-6,9,12-13,18H2,1-3H3. The quantitative estimate of drug-likeness (QED) is 0.378. The normalized spacial score (nSPS) is 14.2. The molecule has 0 saturated carbocycles. The van der Waals surface area contributed by atoms with Gasteiger partial charge >= 0.3 is 0 Å². The van der Waals surface area contributed by atoms with Crippen LogP contribution in [-0.2, 0) is 0 Å². The van der Waals surface area contributed by atoms with Gasteiger partial charge in [-0.3, -0.25) is 11.3 Å². The Bertz CT molecular complexity index is 368. The minimum Gasteiger partial charge on any atom is -0.271 e. The van der Waals surface area contributed by atoms with Crippen molar-refractivity contribution in [2.75, 3.05) is 5.75 Å². The average Bonchev–Trinajstić information content (AvgIpc) is 2.47. The highest BCUT2D eigenvalue weighted by molar-refractivity contribution is 7.99. The van der Waals surface area contributed by atoms with Crippen LogP contribution in [0.15, 0.2) is 29.2 Å². The maximum absolute atomic E-state index is 5.74. The number of benzene rings is 1. The first-order chi connectivity index (χ1) is 9.69. The van der Waals surface area contributed by atoms with Crippen LogP contribution < -0.4 is 11.3 Å². The lowest BCUT2D eigenvalue weighted by molar-refractivity contribution is 0.367. The van der Waals surface area contributed by atoms with Gasteiger partial charge in [-0.25, -0.2) is 0 Å². The van der Waals surface area contributed by atoms with Crippen molar-refractivity contribution < 1.29 is 0 Å². The minimum absolute atomic E-state index is 0.405. The van der Waals surface area contributed by atoms with Crippen LogP contribution in [0.25, 0.3) is 0 Å². The third kappa shape index (κ3) is 6.78. The van der Waals surface area contributed by atoms with Gasteiger partial charge in [0, 0.05) is 16.7 Å². The summed E-state index contributed by atoms with van der Waals surface area (Å²) in [6, 6.07) is 9.09. The average molecular weight is 295 g/mol. The lowest BCUT2D eigenvalue weighted by atomic mass is 9.93. The monoisotopic (exact) mass is 294 g/mol. The Labute approximate surface area is 128 Å². The SMILES string of the molecule is CCCCC(CC)CC(CSc1cccc(C)c1)NN. The van der Waals surface area contributed by atoms with Gasteiger partial charge < -0.3 is 0 Å². The Morgan fingerprint density at radius 1 is 1.30 bits per heavy atom. The first kappa shape index (κ1) is 17.5. The van der Waals surface area contributed by atoms with E-state index in [2.05, 4.69) is 50.5 Å². The van der Waals surface area contributed by atoms with Crippen molar-refractivity contribution >= 4 is 11.8 Å². The zero-order valence-corrected chi connectivity index (χ0v) is 14.0. The molecule has 0 aliphatic carbocycles. The molecule has 3 N–H and O–H groups in total. The van der Waals surface area contributed by atoms with Gasteiger partial charge in [-0.1, -0.05) is 57.2 Å². The fourth-order valence-electron chi connectivity index (χ4n) is 2.47. The second kappa shape index (κ2) is 10.3. The van der Waals surface area contributed by atoms with Crippen molar-refractivity contribution in [2.24, 2.45) is 11.8 Å². The highest BCUT2D eigenvalue weighted by Crippen LogP contribution is 2.24. The van der Waals surface area contributed by atoms with Gasteiger partial charge in [-0.2, -0.15) is 0 Å². The summed E-state index contributed by atoms with van der Waals surface area (Å²) in [6.07, 6.45) is 6.40. The van der Waals surface area contributed by atoms with Crippen LogP contribution in [0.5, 0.6) is 0 Å². The van der Waals surface area contributed by atoms with Crippen molar-refractivity contribution in [2.45, 2.75) is 63.8 Å². The number of hydrogen-bond acceptors (Lipinski definition) is 3. The molecule has 0 heterocycles. The number of thioether (sulfide) groups is 1. The zero-order chi connectivity index (χ0) is 14.8. The number of rotatable bonds is 10. The maximum Gasteiger partial charge on any atom is 0.0307 e. The predicted octanol–water partition coefficient (Wildman–Crippen LogP) is 4.53. The Kier molecular flexibility index (Phi) is 8.99. The Morgan fingerprint density at radius 3 is 2.70 bits per heavy atom. The summed E-state index contributed by atoms with van der Waals surface area (Å²) in [5.41, 5.74) is 4.33. The molecule has 0 amide bonds. The lowest BCUT2D eigenvalue weighted by Gasteiger charge is -2.22. The largest absolute Gasteiger partial charge is 0.271 e. The third-order valence-corrected chi connectivity index (χ3v) is 4.99. The molecule has 3 heteroatoms. The number of aryl methyl sites for hydroxylation is 1. The maximum atomic E-state index is 5.74. The molecular weight excluding hydrogens is 264 g/mol. The fraction of sp³-hybridized carbons (Fsp3) is 0.647. The highest BCUT2D eigenvalue weighted by Gasteiger charge is 2.14. The molecule has 114 valence electrons. The molecule has 0 aliphatic rings. The fourth-order valence-corrected chi connectivity index (χ4v) is 3.54. The summed E-state index contributed by atoms with van der Waals surface area (Å²) in [4.78, 5) is 1.34. The Balaban J connectivity index is 2.41. The van der Waals surface area contributed by atoms with E-state index in [1.165, 1.54) is 42.6 Å². The van der Waals surface area contributed by atoms with E-state index in [0.29, 0.717) is 6.04 Å². The first-order valence-electron chi connectivity index (χ1n) is 7.85. The van der Waals surface area contributed by atoms with E-state index in [1.54, 1.807) is 0 Å². The predicted molar refractivity (Wildman–Crippen MR) is 90.9 cm³/mol. The highest BCUT2D eigenvalue weighted by atomic mass is 32.2. The van der Waals surface area contributed by atoms with Gasteiger partial charge in [-0.15, -0.1) is 11.8 Å². The number of hydrazine groups is 1. The van der Waals surface area contributed by atoms with Crippen LogP contribution in [0.2, 0.25) is 0 Å². The molecule has 0 bridgehead atoms. The Hall–Kier alpha value is -0.510. The van der Waals surface area contributed by atoms with Crippen LogP contribution in [0.1, 0.15) is 51.5 Å². The molecule has 20 heavy (non-hydrogen) atoms. The van der Waals surface area contributed by atoms with Crippen molar-refractivity contribution in [3.05, 3.63) is 29.8 Å². The molecule has 0 radical (unpaired) electrons. The van der Waals surface area contributed by atoms with Crippen molar-refractivity contribution in [3.63, 3.8) is 0 Å². The topological polar surface area (TPSA) is 38.0 Å². The number of hydrogen-bond donors (Lipinski definition) is 2. The van der Waals surface area contributed by atoms with Gasteiger partial charge in [0.05, 0.1) is 0 Å². The zero-order valence-electron chi connectivity index (χ0n) is 13.2. The summed E-state index contributed by atoms with van der Waals surface area (Å²) in [5.74, 6) is 7.58. The molecule has 1 rings (SSSR count). The lowest BCUT2D eigenvalue weighted by Crippen LogP contribution is -2.38. The molecule has 1 aromatic carbocycles. The molecule has 0 saturated heterocycles. The van der Waals surface area contributed by atoms with Gasteiger partial charge in [0.25, 0.3) is 0 Å². The summed E-state index contributed by atoms with van der Waals surface area (Å²) < 4.78 is 0. The van der Waals surface area contributed by atoms with E-state index in [0.717, 1.165) is 11.7 Å². The summed E-state index contributed by atoms with van der Waals surface area (Å²) in [7, 11) is 0. The van der Waals surface area contributed by atoms with E-state index in [1.807, 2.05) is 11.8 Å². The van der Waals surface area contributed by atoms with E-state index in [-0.39, 0.29) is 0 Å². The van der Waals surface area contributed by atoms with Crippen molar-refractivity contribution in [3.8, 4) is 0 Å². The van der Waals surface area contributed by atoms with E-state index in [4.69, 9.17) is 5.84 Å². The molecule has 2 nitrogen and oxygen atoms in total. The van der Waals surface area contributed by atoms with E-state index >= 15 is 0 Å². The van der Waals surface area contributed by atoms with Crippen LogP contribution in [-0.4, -0.2) is 11.8 Å². The van der Waals surface area contributed by atoms with Gasteiger partial charge in [0.1, 0.15) is 0 Å². The first-order valence-corrected chi connectivity index (χ1v) is 8.83. The Morgan fingerprint density at radius 2 is 2.10 bits per heavy atom. The van der Waals surface area contributed by atoms with Gasteiger partial charge in [0.15, 0.2) is 0 Å². The van der Waals surface area contributed by atoms with E-state index < -0.39 is 0 Å².